The largest absolute Gasteiger partial charge is 0.397 e. The van der Waals surface area contributed by atoms with Crippen LogP contribution in [0.5, 0.6) is 0 Å². The molecule has 1 aromatic carbocycles. The highest BCUT2D eigenvalue weighted by Gasteiger charge is 2.19. The predicted molar refractivity (Wildman–Crippen MR) is 71.4 cm³/mol. The molecule has 1 fully saturated rings. The molecule has 0 aliphatic carbocycles. The van der Waals surface area contributed by atoms with Gasteiger partial charge in [0.15, 0.2) is 0 Å². The van der Waals surface area contributed by atoms with Crippen LogP contribution in [0.2, 0.25) is 0 Å². The van der Waals surface area contributed by atoms with Crippen molar-refractivity contribution < 1.29 is 4.74 Å². The van der Waals surface area contributed by atoms with Gasteiger partial charge in [-0.2, -0.15) is 0 Å². The van der Waals surface area contributed by atoms with Crippen LogP contribution in [0.15, 0.2) is 24.3 Å². The second kappa shape index (κ2) is 5.38. The monoisotopic (exact) mass is 235 g/mol. The summed E-state index contributed by atoms with van der Waals surface area (Å²) in [6, 6.07) is 7.94. The summed E-state index contributed by atoms with van der Waals surface area (Å²) in [7, 11) is 4.19. The zero-order valence-corrected chi connectivity index (χ0v) is 10.6. The van der Waals surface area contributed by atoms with Gasteiger partial charge in [-0.15, -0.1) is 0 Å². The van der Waals surface area contributed by atoms with Crippen LogP contribution in [-0.4, -0.2) is 51.3 Å². The summed E-state index contributed by atoms with van der Waals surface area (Å²) in [6.07, 6.45) is 0.262. The fourth-order valence-corrected chi connectivity index (χ4v) is 2.22. The fraction of sp³-hybridized carbons (Fsp3) is 0.538. The van der Waals surface area contributed by atoms with E-state index in [9.17, 15) is 0 Å². The molecule has 0 spiro atoms. The summed E-state index contributed by atoms with van der Waals surface area (Å²) >= 11 is 0. The number of nitrogen functional groups attached to an aromatic ring is 1. The quantitative estimate of drug-likeness (QED) is 0.795. The van der Waals surface area contributed by atoms with Crippen molar-refractivity contribution in [1.82, 2.24) is 4.90 Å². The third kappa shape index (κ3) is 3.11. The number of benzene rings is 1. The van der Waals surface area contributed by atoms with Gasteiger partial charge in [0.1, 0.15) is 0 Å². The minimum absolute atomic E-state index is 0.262. The Bertz CT molecular complexity index is 369. The van der Waals surface area contributed by atoms with Crippen LogP contribution in [0.1, 0.15) is 0 Å². The molecular formula is C13H21N3O. The Morgan fingerprint density at radius 1 is 1.47 bits per heavy atom. The second-order valence-electron chi connectivity index (χ2n) is 4.69. The molecule has 2 N–H and O–H groups in total. The lowest BCUT2D eigenvalue weighted by Crippen LogP contribution is -2.45. The average molecular weight is 235 g/mol. The molecule has 0 bridgehead atoms. The van der Waals surface area contributed by atoms with E-state index >= 15 is 0 Å². The molecule has 1 heterocycles. The van der Waals surface area contributed by atoms with E-state index in [4.69, 9.17) is 10.5 Å². The van der Waals surface area contributed by atoms with E-state index in [1.165, 1.54) is 0 Å². The molecule has 0 amide bonds. The highest BCUT2D eigenvalue weighted by atomic mass is 16.5. The fourth-order valence-electron chi connectivity index (χ4n) is 2.22. The van der Waals surface area contributed by atoms with Crippen molar-refractivity contribution in [2.75, 3.05) is 51.0 Å². The molecule has 1 saturated heterocycles. The number of para-hydroxylation sites is 2. The molecule has 1 atom stereocenters. The van der Waals surface area contributed by atoms with E-state index < -0.39 is 0 Å². The van der Waals surface area contributed by atoms with E-state index in [0.717, 1.165) is 37.6 Å². The van der Waals surface area contributed by atoms with Crippen LogP contribution < -0.4 is 10.6 Å². The van der Waals surface area contributed by atoms with E-state index in [1.54, 1.807) is 0 Å². The molecule has 1 aliphatic rings. The Labute approximate surface area is 103 Å². The third-order valence-electron chi connectivity index (χ3n) is 3.17. The highest BCUT2D eigenvalue weighted by molar-refractivity contribution is 5.66. The van der Waals surface area contributed by atoms with Gasteiger partial charge in [-0.05, 0) is 19.2 Å². The van der Waals surface area contributed by atoms with Crippen molar-refractivity contribution in [3.63, 3.8) is 0 Å². The summed E-state index contributed by atoms with van der Waals surface area (Å²) in [4.78, 5) is 4.47. The highest BCUT2D eigenvalue weighted by Crippen LogP contribution is 2.21. The first-order valence-electron chi connectivity index (χ1n) is 6.02. The van der Waals surface area contributed by atoms with Gasteiger partial charge < -0.3 is 20.3 Å². The van der Waals surface area contributed by atoms with Gasteiger partial charge in [0.2, 0.25) is 0 Å². The molecule has 94 valence electrons. The van der Waals surface area contributed by atoms with Crippen molar-refractivity contribution in [2.45, 2.75) is 6.10 Å². The molecule has 17 heavy (non-hydrogen) atoms. The van der Waals surface area contributed by atoms with Gasteiger partial charge in [0.05, 0.1) is 24.1 Å². The average Bonchev–Trinajstić information content (AvgIpc) is 2.29. The molecule has 1 aromatic rings. The lowest BCUT2D eigenvalue weighted by molar-refractivity contribution is -0.0142. The minimum atomic E-state index is 0.262. The first kappa shape index (κ1) is 12.2. The van der Waals surface area contributed by atoms with Crippen molar-refractivity contribution >= 4 is 11.4 Å². The number of ether oxygens (including phenoxy) is 1. The van der Waals surface area contributed by atoms with Gasteiger partial charge in [0.25, 0.3) is 0 Å². The normalized spacial score (nSPS) is 21.4. The number of likely N-dealkylation sites (N-methyl/N-ethyl adjacent to an activating group) is 2. The summed E-state index contributed by atoms with van der Waals surface area (Å²) in [5, 5.41) is 0. The van der Waals surface area contributed by atoms with Crippen molar-refractivity contribution in [2.24, 2.45) is 0 Å². The van der Waals surface area contributed by atoms with Gasteiger partial charge in [0, 0.05) is 26.7 Å². The topological polar surface area (TPSA) is 41.7 Å². The SMILES string of the molecule is CN1CCOC(CN(C)c2ccccc2N)C1. The molecular weight excluding hydrogens is 214 g/mol. The Morgan fingerprint density at radius 3 is 2.94 bits per heavy atom. The van der Waals surface area contributed by atoms with Crippen LogP contribution in [0, 0.1) is 0 Å². The van der Waals surface area contributed by atoms with Crippen LogP contribution in [0.25, 0.3) is 0 Å². The van der Waals surface area contributed by atoms with Crippen molar-refractivity contribution in [1.29, 1.82) is 0 Å². The minimum Gasteiger partial charge on any atom is -0.397 e. The molecule has 2 rings (SSSR count). The number of rotatable bonds is 3. The lowest BCUT2D eigenvalue weighted by atomic mass is 10.2. The van der Waals surface area contributed by atoms with Gasteiger partial charge >= 0.3 is 0 Å². The van der Waals surface area contributed by atoms with Gasteiger partial charge in [-0.25, -0.2) is 0 Å². The molecule has 0 saturated carbocycles. The van der Waals surface area contributed by atoms with Crippen LogP contribution in [-0.2, 0) is 4.74 Å². The standard InChI is InChI=1S/C13H21N3O/c1-15-7-8-17-11(9-15)10-16(2)13-6-4-3-5-12(13)14/h3-6,11H,7-10,14H2,1-2H3. The molecule has 0 aromatic heterocycles. The third-order valence-corrected chi connectivity index (χ3v) is 3.17. The number of hydrogen-bond donors (Lipinski definition) is 1. The van der Waals surface area contributed by atoms with Crippen molar-refractivity contribution in [3.05, 3.63) is 24.3 Å². The summed E-state index contributed by atoms with van der Waals surface area (Å²) in [5.41, 5.74) is 7.85. The summed E-state index contributed by atoms with van der Waals surface area (Å²) in [5.74, 6) is 0. The zero-order chi connectivity index (χ0) is 12.3. The predicted octanol–water partition coefficient (Wildman–Crippen LogP) is 1.04. The van der Waals surface area contributed by atoms with Crippen LogP contribution in [0.3, 0.4) is 0 Å². The van der Waals surface area contributed by atoms with Crippen LogP contribution in [0.4, 0.5) is 11.4 Å². The number of morpholine rings is 1. The van der Waals surface area contributed by atoms with Crippen LogP contribution >= 0.6 is 0 Å². The molecule has 4 nitrogen and oxygen atoms in total. The maximum Gasteiger partial charge on any atom is 0.0876 e. The van der Waals surface area contributed by atoms with E-state index in [2.05, 4.69) is 23.9 Å². The summed E-state index contributed by atoms with van der Waals surface area (Å²) in [6.45, 7) is 3.70. The second-order valence-corrected chi connectivity index (χ2v) is 4.69. The van der Waals surface area contributed by atoms with Crippen molar-refractivity contribution in [3.8, 4) is 0 Å². The lowest BCUT2D eigenvalue weighted by Gasteiger charge is -2.33. The number of anilines is 2. The summed E-state index contributed by atoms with van der Waals surface area (Å²) < 4.78 is 5.76. The van der Waals surface area contributed by atoms with E-state index in [-0.39, 0.29) is 6.10 Å². The molecule has 1 aliphatic heterocycles. The Balaban J connectivity index is 1.97. The number of nitrogens with zero attached hydrogens (tertiary/aromatic N) is 2. The Hall–Kier alpha value is -1.26. The maximum absolute atomic E-state index is 5.96. The smallest absolute Gasteiger partial charge is 0.0876 e. The van der Waals surface area contributed by atoms with Gasteiger partial charge in [-0.3, -0.25) is 0 Å². The number of nitrogens with two attached hydrogens (primary N) is 1. The maximum atomic E-state index is 5.96. The number of hydrogen-bond acceptors (Lipinski definition) is 4. The first-order valence-corrected chi connectivity index (χ1v) is 6.02. The Kier molecular flexibility index (Phi) is 3.86. The van der Waals surface area contributed by atoms with E-state index in [1.807, 2.05) is 24.3 Å². The first-order chi connectivity index (χ1) is 8.16. The molecule has 4 heteroatoms. The Morgan fingerprint density at radius 2 is 2.24 bits per heavy atom. The van der Waals surface area contributed by atoms with Gasteiger partial charge in [-0.1, -0.05) is 12.1 Å². The molecule has 1 unspecified atom stereocenters. The van der Waals surface area contributed by atoms with E-state index in [0.29, 0.717) is 0 Å². The zero-order valence-electron chi connectivity index (χ0n) is 10.6. The molecule has 0 radical (unpaired) electrons.